The Balaban J connectivity index is 1.27. The molecule has 3 aromatic rings. The Bertz CT molecular complexity index is 1080. The van der Waals surface area contributed by atoms with Crippen LogP contribution in [0.5, 0.6) is 5.75 Å². The summed E-state index contributed by atoms with van der Waals surface area (Å²) in [6.45, 7) is 5.27. The van der Waals surface area contributed by atoms with Crippen molar-refractivity contribution in [1.82, 2.24) is 4.90 Å². The van der Waals surface area contributed by atoms with Crippen molar-refractivity contribution in [3.8, 4) is 5.75 Å². The van der Waals surface area contributed by atoms with Crippen molar-refractivity contribution in [2.75, 3.05) is 44.8 Å². The molecule has 0 amide bonds. The summed E-state index contributed by atoms with van der Waals surface area (Å²) in [6.07, 6.45) is 0.932. The van der Waals surface area contributed by atoms with Gasteiger partial charge >= 0.3 is 0 Å². The van der Waals surface area contributed by atoms with E-state index in [1.165, 1.54) is 25.3 Å². The molecule has 1 N–H and O–H groups in total. The van der Waals surface area contributed by atoms with Gasteiger partial charge < -0.3 is 14.8 Å². The topological polar surface area (TPSA) is 33.7 Å². The highest BCUT2D eigenvalue weighted by atomic mass is 79.9. The number of fused-ring (bicyclic) bond motifs is 2. The number of morpholine rings is 1. The molecule has 5 rings (SSSR count). The minimum absolute atomic E-state index is 0.299. The summed E-state index contributed by atoms with van der Waals surface area (Å²) in [7, 11) is 0. The highest BCUT2D eigenvalue weighted by molar-refractivity contribution is 9.10. The first-order chi connectivity index (χ1) is 16.2. The molecule has 0 aromatic heterocycles. The third-order valence-electron chi connectivity index (χ3n) is 5.74. The lowest BCUT2D eigenvalue weighted by Crippen LogP contribution is -2.43. The number of halogens is 1. The standard InChI is InChI=1S/C26H27BrN2O2S2/c27-22-7-4-8-24-26(22)33-23-10-9-19(17-25(23)32-24)28-20(18-29-12-15-30-16-13-29)11-14-31-21-5-2-1-3-6-21/h1-10,17,20,28H,11-16,18H2/t20-/m1/s1. The van der Waals surface area contributed by atoms with Gasteiger partial charge in [-0.1, -0.05) is 47.8 Å². The minimum atomic E-state index is 0.299. The fourth-order valence-electron chi connectivity index (χ4n) is 4.03. The largest absolute Gasteiger partial charge is 0.494 e. The van der Waals surface area contributed by atoms with Crippen molar-refractivity contribution >= 4 is 45.1 Å². The molecule has 2 aliphatic rings. The number of hydrogen-bond acceptors (Lipinski definition) is 6. The van der Waals surface area contributed by atoms with Crippen molar-refractivity contribution in [1.29, 1.82) is 0 Å². The molecule has 0 unspecified atom stereocenters. The Morgan fingerprint density at radius 1 is 0.939 bits per heavy atom. The van der Waals surface area contributed by atoms with Gasteiger partial charge in [0.25, 0.3) is 0 Å². The molecule has 2 heterocycles. The summed E-state index contributed by atoms with van der Waals surface area (Å²) in [5, 5.41) is 3.80. The maximum absolute atomic E-state index is 6.01. The zero-order valence-corrected chi connectivity index (χ0v) is 21.6. The lowest BCUT2D eigenvalue weighted by molar-refractivity contribution is 0.0353. The second-order valence-corrected chi connectivity index (χ2v) is 11.1. The first kappa shape index (κ1) is 23.1. The van der Waals surface area contributed by atoms with Crippen molar-refractivity contribution in [2.45, 2.75) is 32.0 Å². The summed E-state index contributed by atoms with van der Waals surface area (Å²) in [5.74, 6) is 0.926. The summed E-state index contributed by atoms with van der Waals surface area (Å²) < 4.78 is 12.7. The van der Waals surface area contributed by atoms with E-state index in [1.807, 2.05) is 53.9 Å². The lowest BCUT2D eigenvalue weighted by atomic mass is 10.1. The van der Waals surface area contributed by atoms with Gasteiger partial charge in [0.05, 0.1) is 19.8 Å². The predicted molar refractivity (Wildman–Crippen MR) is 140 cm³/mol. The van der Waals surface area contributed by atoms with Crippen LogP contribution in [0.1, 0.15) is 6.42 Å². The Morgan fingerprint density at radius 3 is 2.64 bits per heavy atom. The Labute approximate surface area is 212 Å². The van der Waals surface area contributed by atoms with E-state index >= 15 is 0 Å². The molecule has 0 aliphatic carbocycles. The van der Waals surface area contributed by atoms with Crippen LogP contribution in [0.15, 0.2) is 90.8 Å². The first-order valence-electron chi connectivity index (χ1n) is 11.3. The Kier molecular flexibility index (Phi) is 7.84. The van der Waals surface area contributed by atoms with E-state index in [0.29, 0.717) is 12.6 Å². The number of nitrogens with zero attached hydrogens (tertiary/aromatic N) is 1. The normalized spacial score (nSPS) is 16.5. The second-order valence-electron chi connectivity index (χ2n) is 8.14. The molecule has 3 aromatic carbocycles. The van der Waals surface area contributed by atoms with Crippen LogP contribution in [0.25, 0.3) is 0 Å². The lowest BCUT2D eigenvalue weighted by Gasteiger charge is -2.31. The van der Waals surface area contributed by atoms with E-state index in [4.69, 9.17) is 9.47 Å². The maximum Gasteiger partial charge on any atom is 0.119 e. The van der Waals surface area contributed by atoms with E-state index in [-0.39, 0.29) is 0 Å². The van der Waals surface area contributed by atoms with Crippen molar-refractivity contribution in [2.24, 2.45) is 0 Å². The van der Waals surface area contributed by atoms with Crippen molar-refractivity contribution in [3.05, 3.63) is 71.2 Å². The number of hydrogen-bond donors (Lipinski definition) is 1. The Morgan fingerprint density at radius 2 is 1.79 bits per heavy atom. The number of para-hydroxylation sites is 1. The molecule has 33 heavy (non-hydrogen) atoms. The highest BCUT2D eigenvalue weighted by Gasteiger charge is 2.21. The molecule has 1 atom stereocenters. The third-order valence-corrected chi connectivity index (χ3v) is 9.26. The average molecular weight is 544 g/mol. The van der Waals surface area contributed by atoms with E-state index in [2.05, 4.69) is 62.5 Å². The molecule has 7 heteroatoms. The fraction of sp³-hybridized carbons (Fsp3) is 0.308. The number of benzene rings is 3. The minimum Gasteiger partial charge on any atom is -0.494 e. The summed E-state index contributed by atoms with van der Waals surface area (Å²) >= 11 is 7.38. The van der Waals surface area contributed by atoms with Crippen LogP contribution in [0, 0.1) is 0 Å². The molecule has 172 valence electrons. The van der Waals surface area contributed by atoms with E-state index in [0.717, 1.165) is 49.5 Å². The molecule has 0 spiro atoms. The van der Waals surface area contributed by atoms with Crippen LogP contribution < -0.4 is 10.1 Å². The number of anilines is 1. The molecule has 1 saturated heterocycles. The molecule has 4 nitrogen and oxygen atoms in total. The van der Waals surface area contributed by atoms with Gasteiger partial charge in [-0.05, 0) is 58.4 Å². The smallest absolute Gasteiger partial charge is 0.119 e. The third kappa shape index (κ3) is 6.08. The van der Waals surface area contributed by atoms with E-state index < -0.39 is 0 Å². The SMILES string of the molecule is Brc1cccc2c1Sc1ccc(N[C@H](CCOc3ccccc3)CN3CCOCC3)cc1S2. The molecule has 0 saturated carbocycles. The van der Waals surface area contributed by atoms with Gasteiger partial charge in [-0.25, -0.2) is 0 Å². The van der Waals surface area contributed by atoms with Crippen LogP contribution in [0.3, 0.4) is 0 Å². The summed E-state index contributed by atoms with van der Waals surface area (Å²) in [4.78, 5) is 7.71. The van der Waals surface area contributed by atoms with Crippen LogP contribution >= 0.6 is 39.5 Å². The zero-order valence-electron chi connectivity index (χ0n) is 18.3. The van der Waals surface area contributed by atoms with E-state index in [1.54, 1.807) is 0 Å². The highest BCUT2D eigenvalue weighted by Crippen LogP contribution is 2.51. The van der Waals surface area contributed by atoms with Gasteiger partial charge in [0.2, 0.25) is 0 Å². The zero-order chi connectivity index (χ0) is 22.5. The van der Waals surface area contributed by atoms with Crippen LogP contribution in [0.2, 0.25) is 0 Å². The average Bonchev–Trinajstić information content (AvgIpc) is 2.84. The van der Waals surface area contributed by atoms with Gasteiger partial charge in [-0.15, -0.1) is 0 Å². The van der Waals surface area contributed by atoms with E-state index in [9.17, 15) is 0 Å². The first-order valence-corrected chi connectivity index (χ1v) is 13.7. The van der Waals surface area contributed by atoms with Crippen molar-refractivity contribution in [3.63, 3.8) is 0 Å². The van der Waals surface area contributed by atoms with Crippen LogP contribution in [0.4, 0.5) is 5.69 Å². The maximum atomic E-state index is 6.01. The molecule has 1 fully saturated rings. The fourth-order valence-corrected chi connectivity index (χ4v) is 7.07. The van der Waals surface area contributed by atoms with Gasteiger partial charge in [0.15, 0.2) is 0 Å². The number of nitrogens with one attached hydrogen (secondary N) is 1. The molecular weight excluding hydrogens is 516 g/mol. The summed E-state index contributed by atoms with van der Waals surface area (Å²) in [6, 6.07) is 23.5. The second kappa shape index (κ2) is 11.2. The quantitative estimate of drug-likeness (QED) is 0.268. The molecular formula is C26H27BrN2O2S2. The number of rotatable bonds is 8. The van der Waals surface area contributed by atoms with Gasteiger partial charge in [0.1, 0.15) is 5.75 Å². The van der Waals surface area contributed by atoms with Crippen molar-refractivity contribution < 1.29 is 9.47 Å². The predicted octanol–water partition coefficient (Wildman–Crippen LogP) is 6.65. The van der Waals surface area contributed by atoms with Gasteiger partial charge in [0, 0.05) is 61.8 Å². The monoisotopic (exact) mass is 542 g/mol. The Hall–Kier alpha value is -1.64. The molecule has 0 radical (unpaired) electrons. The van der Waals surface area contributed by atoms with Gasteiger partial charge in [-0.3, -0.25) is 4.90 Å². The van der Waals surface area contributed by atoms with Gasteiger partial charge in [-0.2, -0.15) is 0 Å². The molecule has 2 aliphatic heterocycles. The summed E-state index contributed by atoms with van der Waals surface area (Å²) in [5.41, 5.74) is 1.17. The van der Waals surface area contributed by atoms with Crippen LogP contribution in [-0.4, -0.2) is 50.4 Å². The molecule has 0 bridgehead atoms. The van der Waals surface area contributed by atoms with Crippen LogP contribution in [-0.2, 0) is 4.74 Å². The number of ether oxygens (including phenoxy) is 2.